The lowest BCUT2D eigenvalue weighted by atomic mass is 10.3. The fraction of sp³-hybridized carbons (Fsp3) is 0.273. The van der Waals surface area contributed by atoms with Gasteiger partial charge in [0.15, 0.2) is 5.13 Å². The van der Waals surface area contributed by atoms with Crippen LogP contribution in [0.1, 0.15) is 31.3 Å². The van der Waals surface area contributed by atoms with Gasteiger partial charge in [0.05, 0.1) is 11.4 Å². The number of nitrogen functional groups attached to an aromatic ring is 1. The summed E-state index contributed by atoms with van der Waals surface area (Å²) < 4.78 is 1.93. The second-order valence-corrected chi connectivity index (χ2v) is 4.65. The van der Waals surface area contributed by atoms with E-state index in [0.29, 0.717) is 11.2 Å². The monoisotopic (exact) mass is 234 g/mol. The maximum Gasteiger partial charge on any atom is 0.180 e. The minimum absolute atomic E-state index is 0.386. The molecule has 0 radical (unpaired) electrons. The average molecular weight is 234 g/mol. The third-order valence-corrected chi connectivity index (χ3v) is 2.81. The molecule has 0 aliphatic heterocycles. The molecule has 4 nitrogen and oxygen atoms in total. The Morgan fingerprint density at radius 3 is 2.69 bits per heavy atom. The van der Waals surface area contributed by atoms with E-state index < -0.39 is 0 Å². The van der Waals surface area contributed by atoms with Gasteiger partial charge in [0.2, 0.25) is 0 Å². The summed E-state index contributed by atoms with van der Waals surface area (Å²) in [6.07, 6.45) is 5.83. The molecule has 0 bridgehead atoms. The van der Waals surface area contributed by atoms with Crippen LogP contribution in [0.4, 0.5) is 5.13 Å². The highest BCUT2D eigenvalue weighted by atomic mass is 32.1. The zero-order valence-electron chi connectivity index (χ0n) is 9.29. The molecule has 2 aromatic rings. The Labute approximate surface area is 98.4 Å². The van der Waals surface area contributed by atoms with Crippen LogP contribution in [-0.4, -0.2) is 14.8 Å². The molecular weight excluding hydrogens is 220 g/mol. The summed E-state index contributed by atoms with van der Waals surface area (Å²) in [6, 6.07) is 2.36. The Kier molecular flexibility index (Phi) is 3.05. The second kappa shape index (κ2) is 4.49. The van der Waals surface area contributed by atoms with Crippen molar-refractivity contribution in [3.63, 3.8) is 0 Å². The van der Waals surface area contributed by atoms with Gasteiger partial charge < -0.3 is 5.73 Å². The first-order valence-corrected chi connectivity index (χ1v) is 5.97. The summed E-state index contributed by atoms with van der Waals surface area (Å²) in [6.45, 7) is 4.20. The summed E-state index contributed by atoms with van der Waals surface area (Å²) in [5.74, 6) is 0. The summed E-state index contributed by atoms with van der Waals surface area (Å²) in [5.41, 5.74) is 7.35. The van der Waals surface area contributed by atoms with Gasteiger partial charge in [-0.25, -0.2) is 4.98 Å². The standard InChI is InChI=1S/C11H14N4S/c1-8(2)15-6-5-9(14-15)3-4-10-7-16-11(12)13-10/h3-8H,1-2H3,(H2,12,13). The van der Waals surface area contributed by atoms with Gasteiger partial charge in [0.25, 0.3) is 0 Å². The molecule has 84 valence electrons. The van der Waals surface area contributed by atoms with Gasteiger partial charge in [0.1, 0.15) is 0 Å². The summed E-state index contributed by atoms with van der Waals surface area (Å²) in [7, 11) is 0. The number of nitrogens with zero attached hydrogens (tertiary/aromatic N) is 3. The van der Waals surface area contributed by atoms with Crippen LogP contribution in [0, 0.1) is 0 Å². The van der Waals surface area contributed by atoms with Crippen LogP contribution in [0.25, 0.3) is 12.2 Å². The highest BCUT2D eigenvalue weighted by molar-refractivity contribution is 7.13. The van der Waals surface area contributed by atoms with E-state index in [-0.39, 0.29) is 0 Å². The maximum atomic E-state index is 5.55. The van der Waals surface area contributed by atoms with Gasteiger partial charge in [-0.1, -0.05) is 0 Å². The molecule has 0 aliphatic rings. The lowest BCUT2D eigenvalue weighted by Gasteiger charge is -2.02. The van der Waals surface area contributed by atoms with Gasteiger partial charge in [-0.3, -0.25) is 4.68 Å². The predicted molar refractivity (Wildman–Crippen MR) is 68.1 cm³/mol. The van der Waals surface area contributed by atoms with Crippen LogP contribution in [0.5, 0.6) is 0 Å². The Balaban J connectivity index is 2.11. The maximum absolute atomic E-state index is 5.55. The highest BCUT2D eigenvalue weighted by Crippen LogP contribution is 2.14. The van der Waals surface area contributed by atoms with Crippen LogP contribution >= 0.6 is 11.3 Å². The Hall–Kier alpha value is -1.62. The SMILES string of the molecule is CC(C)n1ccc(C=Cc2csc(N)n2)n1. The summed E-state index contributed by atoms with van der Waals surface area (Å²) in [4.78, 5) is 4.14. The van der Waals surface area contributed by atoms with Gasteiger partial charge >= 0.3 is 0 Å². The first-order chi connectivity index (χ1) is 7.65. The molecule has 0 atom stereocenters. The van der Waals surface area contributed by atoms with Crippen molar-refractivity contribution in [2.45, 2.75) is 19.9 Å². The Morgan fingerprint density at radius 2 is 2.12 bits per heavy atom. The van der Waals surface area contributed by atoms with Crippen molar-refractivity contribution in [1.82, 2.24) is 14.8 Å². The van der Waals surface area contributed by atoms with Crippen molar-refractivity contribution in [1.29, 1.82) is 0 Å². The smallest absolute Gasteiger partial charge is 0.180 e. The van der Waals surface area contributed by atoms with Gasteiger partial charge in [0, 0.05) is 17.6 Å². The average Bonchev–Trinajstić information content (AvgIpc) is 2.83. The van der Waals surface area contributed by atoms with Gasteiger partial charge in [-0.05, 0) is 32.1 Å². The number of anilines is 1. The van der Waals surface area contributed by atoms with Gasteiger partial charge in [-0.2, -0.15) is 5.10 Å². The zero-order valence-corrected chi connectivity index (χ0v) is 10.1. The van der Waals surface area contributed by atoms with Crippen molar-refractivity contribution in [2.24, 2.45) is 0 Å². The number of hydrogen-bond donors (Lipinski definition) is 1. The third-order valence-electron chi connectivity index (χ3n) is 2.12. The van der Waals surface area contributed by atoms with E-state index in [1.165, 1.54) is 11.3 Å². The molecule has 5 heteroatoms. The van der Waals surface area contributed by atoms with Crippen molar-refractivity contribution in [2.75, 3.05) is 5.73 Å². The highest BCUT2D eigenvalue weighted by Gasteiger charge is 1.99. The molecule has 2 heterocycles. The largest absolute Gasteiger partial charge is 0.375 e. The number of nitrogens with two attached hydrogens (primary N) is 1. The quantitative estimate of drug-likeness (QED) is 0.888. The molecule has 0 saturated heterocycles. The first kappa shape index (κ1) is 10.9. The molecule has 2 aromatic heterocycles. The molecule has 0 unspecified atom stereocenters. The number of hydrogen-bond acceptors (Lipinski definition) is 4. The molecule has 0 saturated carbocycles. The van der Waals surface area contributed by atoms with Crippen LogP contribution in [0.3, 0.4) is 0 Å². The fourth-order valence-electron chi connectivity index (χ4n) is 1.28. The van der Waals surface area contributed by atoms with Crippen LogP contribution in [0.15, 0.2) is 17.6 Å². The topological polar surface area (TPSA) is 56.7 Å². The molecule has 0 aliphatic carbocycles. The predicted octanol–water partition coefficient (Wildman–Crippen LogP) is 2.67. The van der Waals surface area contributed by atoms with Crippen LogP contribution in [0.2, 0.25) is 0 Å². The van der Waals surface area contributed by atoms with E-state index in [4.69, 9.17) is 5.73 Å². The van der Waals surface area contributed by atoms with Crippen LogP contribution in [-0.2, 0) is 0 Å². The fourth-order valence-corrected chi connectivity index (χ4v) is 1.81. The molecule has 2 rings (SSSR count). The molecule has 0 amide bonds. The van der Waals surface area contributed by atoms with Crippen molar-refractivity contribution < 1.29 is 0 Å². The first-order valence-electron chi connectivity index (χ1n) is 5.09. The van der Waals surface area contributed by atoms with E-state index in [0.717, 1.165) is 11.4 Å². The lowest BCUT2D eigenvalue weighted by Crippen LogP contribution is -2.00. The molecule has 0 fully saturated rings. The number of thiazole rings is 1. The van der Waals surface area contributed by atoms with E-state index >= 15 is 0 Å². The van der Waals surface area contributed by atoms with Crippen molar-refractivity contribution in [3.05, 3.63) is 29.0 Å². The minimum Gasteiger partial charge on any atom is -0.375 e. The Morgan fingerprint density at radius 1 is 1.38 bits per heavy atom. The second-order valence-electron chi connectivity index (χ2n) is 3.76. The minimum atomic E-state index is 0.386. The molecule has 0 spiro atoms. The van der Waals surface area contributed by atoms with Crippen molar-refractivity contribution in [3.8, 4) is 0 Å². The third kappa shape index (κ3) is 2.49. The number of rotatable bonds is 3. The van der Waals surface area contributed by atoms with E-state index in [9.17, 15) is 0 Å². The summed E-state index contributed by atoms with van der Waals surface area (Å²) >= 11 is 1.44. The normalized spacial score (nSPS) is 11.7. The molecule has 0 aromatic carbocycles. The Bertz CT molecular complexity index is 496. The van der Waals surface area contributed by atoms with E-state index in [1.807, 2.05) is 34.5 Å². The van der Waals surface area contributed by atoms with Gasteiger partial charge in [-0.15, -0.1) is 11.3 Å². The molecule has 2 N–H and O–H groups in total. The molecular formula is C11H14N4S. The summed E-state index contributed by atoms with van der Waals surface area (Å²) in [5, 5.41) is 6.92. The van der Waals surface area contributed by atoms with E-state index in [2.05, 4.69) is 23.9 Å². The zero-order chi connectivity index (χ0) is 11.5. The lowest BCUT2D eigenvalue weighted by molar-refractivity contribution is 0.531. The van der Waals surface area contributed by atoms with Crippen LogP contribution < -0.4 is 5.73 Å². The van der Waals surface area contributed by atoms with E-state index in [1.54, 1.807) is 0 Å². The number of aromatic nitrogens is 3. The van der Waals surface area contributed by atoms with Crippen molar-refractivity contribution >= 4 is 28.6 Å². The molecule has 16 heavy (non-hydrogen) atoms.